The van der Waals surface area contributed by atoms with Crippen molar-refractivity contribution in [2.24, 2.45) is 0 Å². The van der Waals surface area contributed by atoms with Gasteiger partial charge in [-0.3, -0.25) is 4.79 Å². The van der Waals surface area contributed by atoms with E-state index < -0.39 is 29.0 Å². The smallest absolute Gasteiger partial charge is 0.221 e. The Bertz CT molecular complexity index is 557. The minimum Gasteiger partial charge on any atom is -0.381 e. The van der Waals surface area contributed by atoms with Gasteiger partial charge in [-0.05, 0) is 24.5 Å². The maximum Gasteiger partial charge on any atom is 0.221 e. The summed E-state index contributed by atoms with van der Waals surface area (Å²) < 4.78 is 31.4. The van der Waals surface area contributed by atoms with Crippen LogP contribution in [0.15, 0.2) is 18.2 Å². The van der Waals surface area contributed by atoms with Crippen LogP contribution in [-0.4, -0.2) is 25.2 Å². The van der Waals surface area contributed by atoms with Crippen LogP contribution in [0.3, 0.4) is 0 Å². The van der Waals surface area contributed by atoms with Gasteiger partial charge >= 0.3 is 0 Å². The van der Waals surface area contributed by atoms with Crippen LogP contribution < -0.4 is 5.32 Å². The fourth-order valence-corrected chi connectivity index (χ4v) is 2.03. The van der Waals surface area contributed by atoms with Gasteiger partial charge in [-0.2, -0.15) is 5.26 Å². The number of nitrogens with one attached hydrogen (secondary N) is 1. The molecule has 21 heavy (non-hydrogen) atoms. The van der Waals surface area contributed by atoms with Crippen LogP contribution in [0.25, 0.3) is 0 Å². The Hall–Kier alpha value is -2.00. The van der Waals surface area contributed by atoms with Crippen LogP contribution in [0.5, 0.6) is 0 Å². The highest BCUT2D eigenvalue weighted by molar-refractivity contribution is 5.78. The monoisotopic (exact) mass is 296 g/mol. The molecule has 1 amide bonds. The van der Waals surface area contributed by atoms with Crippen LogP contribution in [0, 0.1) is 23.0 Å². The third-order valence-electron chi connectivity index (χ3n) is 3.08. The summed E-state index contributed by atoms with van der Waals surface area (Å²) >= 11 is 0. The molecule has 0 aliphatic heterocycles. The van der Waals surface area contributed by atoms with Crippen LogP contribution in [0.1, 0.15) is 31.7 Å². The zero-order chi connectivity index (χ0) is 16.0. The molecular formula is C15H18F2N2O2. The molecule has 0 saturated carbocycles. The van der Waals surface area contributed by atoms with Gasteiger partial charge in [-0.25, -0.2) is 8.78 Å². The van der Waals surface area contributed by atoms with Gasteiger partial charge in [0, 0.05) is 19.6 Å². The van der Waals surface area contributed by atoms with Crippen LogP contribution >= 0.6 is 0 Å². The molecule has 1 aromatic rings. The normalized spacial score (nSPS) is 14.9. The molecule has 0 unspecified atom stereocenters. The van der Waals surface area contributed by atoms with Crippen molar-refractivity contribution >= 4 is 5.91 Å². The van der Waals surface area contributed by atoms with Crippen molar-refractivity contribution in [2.75, 3.05) is 13.7 Å². The first-order valence-corrected chi connectivity index (χ1v) is 6.47. The SMILES string of the molecule is COC[C@@](C)(C#N)NC(=O)C[C@H](C)c1ccc(F)cc1F. The summed E-state index contributed by atoms with van der Waals surface area (Å²) in [5, 5.41) is 11.6. The van der Waals surface area contributed by atoms with Gasteiger partial charge in [0.25, 0.3) is 0 Å². The highest BCUT2D eigenvalue weighted by Gasteiger charge is 2.27. The van der Waals surface area contributed by atoms with E-state index in [4.69, 9.17) is 10.00 Å². The molecular weight excluding hydrogens is 278 g/mol. The quantitative estimate of drug-likeness (QED) is 0.877. The molecule has 2 atom stereocenters. The summed E-state index contributed by atoms with van der Waals surface area (Å²) in [6.45, 7) is 3.25. The zero-order valence-corrected chi connectivity index (χ0v) is 12.2. The second-order valence-corrected chi connectivity index (χ2v) is 5.20. The average molecular weight is 296 g/mol. The number of carbonyl (C=O) groups is 1. The fraction of sp³-hybridized carbons (Fsp3) is 0.467. The van der Waals surface area contributed by atoms with E-state index in [1.807, 2.05) is 6.07 Å². The largest absolute Gasteiger partial charge is 0.381 e. The third-order valence-corrected chi connectivity index (χ3v) is 3.08. The predicted molar refractivity (Wildman–Crippen MR) is 73.4 cm³/mol. The summed E-state index contributed by atoms with van der Waals surface area (Å²) in [5.74, 6) is -2.18. The van der Waals surface area contributed by atoms with E-state index in [1.165, 1.54) is 20.1 Å². The lowest BCUT2D eigenvalue weighted by atomic mass is 9.96. The Balaban J connectivity index is 2.72. The highest BCUT2D eigenvalue weighted by Crippen LogP contribution is 2.23. The molecule has 114 valence electrons. The minimum absolute atomic E-state index is 0.0104. The van der Waals surface area contributed by atoms with E-state index in [9.17, 15) is 13.6 Å². The first kappa shape index (κ1) is 17.1. The number of rotatable bonds is 6. The molecule has 1 rings (SSSR count). The number of halogens is 2. The van der Waals surface area contributed by atoms with Crippen molar-refractivity contribution in [3.8, 4) is 6.07 Å². The lowest BCUT2D eigenvalue weighted by molar-refractivity contribution is -0.123. The number of nitrogens with zero attached hydrogens (tertiary/aromatic N) is 1. The first-order chi connectivity index (χ1) is 9.81. The first-order valence-electron chi connectivity index (χ1n) is 6.47. The maximum atomic E-state index is 13.6. The van der Waals surface area contributed by atoms with E-state index in [0.29, 0.717) is 0 Å². The number of hydrogen-bond acceptors (Lipinski definition) is 3. The van der Waals surface area contributed by atoms with Crippen LogP contribution in [0.2, 0.25) is 0 Å². The number of carbonyl (C=O) groups excluding carboxylic acids is 1. The summed E-state index contributed by atoms with van der Waals surface area (Å²) in [4.78, 5) is 11.9. The second kappa shape index (κ2) is 7.14. The van der Waals surface area contributed by atoms with Gasteiger partial charge in [0.1, 0.15) is 17.2 Å². The number of hydrogen-bond donors (Lipinski definition) is 1. The van der Waals surface area contributed by atoms with Crippen molar-refractivity contribution in [1.82, 2.24) is 5.32 Å². The van der Waals surface area contributed by atoms with E-state index in [2.05, 4.69) is 5.32 Å². The standard InChI is InChI=1S/C15H18F2N2O2/c1-10(12-5-4-11(16)7-13(12)17)6-14(20)19-15(2,8-18)9-21-3/h4-5,7,10H,6,9H2,1-3H3,(H,19,20)/t10-,15+/m0/s1. The zero-order valence-electron chi connectivity index (χ0n) is 12.2. The Kier molecular flexibility index (Phi) is 5.79. The van der Waals surface area contributed by atoms with Gasteiger partial charge < -0.3 is 10.1 Å². The summed E-state index contributed by atoms with van der Waals surface area (Å²) in [5.41, 5.74) is -0.871. The van der Waals surface area contributed by atoms with Crippen molar-refractivity contribution < 1.29 is 18.3 Å². The molecule has 0 fully saturated rings. The molecule has 0 spiro atoms. The lowest BCUT2D eigenvalue weighted by Gasteiger charge is -2.23. The molecule has 0 saturated heterocycles. The summed E-state index contributed by atoms with van der Waals surface area (Å²) in [6, 6.07) is 5.22. The van der Waals surface area contributed by atoms with E-state index in [0.717, 1.165) is 12.1 Å². The minimum atomic E-state index is -1.13. The molecule has 0 heterocycles. The van der Waals surface area contributed by atoms with E-state index in [1.54, 1.807) is 6.92 Å². The molecule has 4 nitrogen and oxygen atoms in total. The summed E-state index contributed by atoms with van der Waals surface area (Å²) in [6.07, 6.45) is -0.0104. The number of nitriles is 1. The molecule has 0 aliphatic rings. The van der Waals surface area contributed by atoms with Gasteiger partial charge in [0.05, 0.1) is 12.7 Å². The number of ether oxygens (including phenoxy) is 1. The maximum absolute atomic E-state index is 13.6. The van der Waals surface area contributed by atoms with E-state index >= 15 is 0 Å². The Morgan fingerprint density at radius 3 is 2.71 bits per heavy atom. The summed E-state index contributed by atoms with van der Waals surface area (Å²) in [7, 11) is 1.43. The average Bonchev–Trinajstić information content (AvgIpc) is 2.38. The number of benzene rings is 1. The van der Waals surface area contributed by atoms with Gasteiger partial charge in [-0.1, -0.05) is 13.0 Å². The van der Waals surface area contributed by atoms with Gasteiger partial charge in [0.2, 0.25) is 5.91 Å². The van der Waals surface area contributed by atoms with Gasteiger partial charge in [0.15, 0.2) is 0 Å². The number of amides is 1. The van der Waals surface area contributed by atoms with Crippen molar-refractivity contribution in [1.29, 1.82) is 5.26 Å². The molecule has 0 radical (unpaired) electrons. The third kappa shape index (κ3) is 4.80. The molecule has 0 aromatic heterocycles. The molecule has 6 heteroatoms. The predicted octanol–water partition coefficient (Wildman–Crippen LogP) is 2.50. The molecule has 0 bridgehead atoms. The van der Waals surface area contributed by atoms with Crippen molar-refractivity contribution in [3.05, 3.63) is 35.4 Å². The molecule has 1 N–H and O–H groups in total. The van der Waals surface area contributed by atoms with Crippen molar-refractivity contribution in [3.63, 3.8) is 0 Å². The van der Waals surface area contributed by atoms with Crippen LogP contribution in [0.4, 0.5) is 8.78 Å². The Morgan fingerprint density at radius 1 is 1.52 bits per heavy atom. The number of methoxy groups -OCH3 is 1. The fourth-order valence-electron chi connectivity index (χ4n) is 2.03. The Labute approximate surface area is 122 Å². The molecule has 1 aromatic carbocycles. The van der Waals surface area contributed by atoms with Crippen LogP contribution in [-0.2, 0) is 9.53 Å². The lowest BCUT2D eigenvalue weighted by Crippen LogP contribution is -2.48. The Morgan fingerprint density at radius 2 is 2.19 bits per heavy atom. The van der Waals surface area contributed by atoms with Crippen molar-refractivity contribution in [2.45, 2.75) is 31.7 Å². The second-order valence-electron chi connectivity index (χ2n) is 5.20. The van der Waals surface area contributed by atoms with E-state index in [-0.39, 0.29) is 18.6 Å². The molecule has 0 aliphatic carbocycles. The topological polar surface area (TPSA) is 62.1 Å². The van der Waals surface area contributed by atoms with Gasteiger partial charge in [-0.15, -0.1) is 0 Å². The highest BCUT2D eigenvalue weighted by atomic mass is 19.1.